The van der Waals surface area contributed by atoms with Crippen molar-refractivity contribution in [3.8, 4) is 0 Å². The molecule has 0 aliphatic rings. The summed E-state index contributed by atoms with van der Waals surface area (Å²) in [6.45, 7) is 0. The molecule has 0 aromatic carbocycles. The Morgan fingerprint density at radius 3 is 2.27 bits per heavy atom. The van der Waals surface area contributed by atoms with Crippen LogP contribution in [0.2, 0.25) is 0 Å². The van der Waals surface area contributed by atoms with Crippen molar-refractivity contribution >= 4 is 21.6 Å². The van der Waals surface area contributed by atoms with Gasteiger partial charge in [0.05, 0.1) is 21.9 Å². The predicted octanol–water partition coefficient (Wildman–Crippen LogP) is 3.38. The van der Waals surface area contributed by atoms with Gasteiger partial charge in [0, 0.05) is 0 Å². The Hall–Kier alpha value is -0.920. The predicted molar refractivity (Wildman–Crippen MR) is 46.3 cm³/mol. The van der Waals surface area contributed by atoms with Crippen molar-refractivity contribution in [1.82, 2.24) is 4.98 Å². The van der Waals surface area contributed by atoms with Crippen LogP contribution in [0.1, 0.15) is 17.7 Å². The molecule has 0 bridgehead atoms. The number of rotatable bonds is 1. The maximum Gasteiger partial charge on any atom is 0.434 e. The van der Waals surface area contributed by atoms with Gasteiger partial charge < -0.3 is 5.73 Å². The van der Waals surface area contributed by atoms with Gasteiger partial charge in [0.2, 0.25) is 0 Å². The highest BCUT2D eigenvalue weighted by Gasteiger charge is 2.37. The summed E-state index contributed by atoms with van der Waals surface area (Å²) in [4.78, 5) is 2.96. The van der Waals surface area contributed by atoms with Crippen molar-refractivity contribution in [3.63, 3.8) is 0 Å². The molecule has 1 aromatic heterocycles. The van der Waals surface area contributed by atoms with Crippen LogP contribution in [0.5, 0.6) is 0 Å². The Labute approximate surface area is 89.4 Å². The SMILES string of the molecule is Nc1cnc(C(F)(F)F)c(Br)c1C(F)F. The van der Waals surface area contributed by atoms with Gasteiger partial charge in [0.1, 0.15) is 0 Å². The van der Waals surface area contributed by atoms with Crippen molar-refractivity contribution in [1.29, 1.82) is 0 Å². The third-order valence-corrected chi connectivity index (χ3v) is 2.38. The fraction of sp³-hybridized carbons (Fsp3) is 0.286. The lowest BCUT2D eigenvalue weighted by molar-refractivity contribution is -0.141. The molecule has 0 unspecified atom stereocenters. The lowest BCUT2D eigenvalue weighted by Gasteiger charge is -2.12. The van der Waals surface area contributed by atoms with Crippen LogP contribution in [0.15, 0.2) is 10.7 Å². The molecule has 84 valence electrons. The van der Waals surface area contributed by atoms with Crippen LogP contribution in [0.25, 0.3) is 0 Å². The maximum absolute atomic E-state index is 12.4. The summed E-state index contributed by atoms with van der Waals surface area (Å²) in [5.74, 6) is 0. The van der Waals surface area contributed by atoms with E-state index >= 15 is 0 Å². The average Bonchev–Trinajstić information content (AvgIpc) is 2.00. The molecule has 0 atom stereocenters. The Bertz CT molecular complexity index is 376. The van der Waals surface area contributed by atoms with E-state index in [-0.39, 0.29) is 0 Å². The van der Waals surface area contributed by atoms with Gasteiger partial charge in [-0.15, -0.1) is 0 Å². The third kappa shape index (κ3) is 2.36. The van der Waals surface area contributed by atoms with Gasteiger partial charge in [-0.05, 0) is 15.9 Å². The molecule has 1 heterocycles. The Morgan fingerprint density at radius 2 is 1.87 bits per heavy atom. The summed E-state index contributed by atoms with van der Waals surface area (Å²) in [6, 6.07) is 0. The van der Waals surface area contributed by atoms with Gasteiger partial charge >= 0.3 is 6.18 Å². The van der Waals surface area contributed by atoms with Crippen LogP contribution in [0.4, 0.5) is 27.6 Å². The molecule has 0 spiro atoms. The van der Waals surface area contributed by atoms with Gasteiger partial charge in [-0.25, -0.2) is 13.8 Å². The van der Waals surface area contributed by atoms with Crippen LogP contribution in [-0.2, 0) is 6.18 Å². The first-order valence-electron chi connectivity index (χ1n) is 3.54. The van der Waals surface area contributed by atoms with Crippen LogP contribution in [0.3, 0.4) is 0 Å². The highest BCUT2D eigenvalue weighted by Crippen LogP contribution is 2.40. The van der Waals surface area contributed by atoms with Crippen LogP contribution in [-0.4, -0.2) is 4.98 Å². The zero-order valence-electron chi connectivity index (χ0n) is 6.95. The normalized spacial score (nSPS) is 12.2. The molecule has 8 heteroatoms. The molecule has 2 nitrogen and oxygen atoms in total. The first kappa shape index (κ1) is 12.2. The second kappa shape index (κ2) is 3.92. The van der Waals surface area contributed by atoms with Crippen LogP contribution < -0.4 is 5.73 Å². The zero-order valence-corrected chi connectivity index (χ0v) is 8.53. The number of aromatic nitrogens is 1. The van der Waals surface area contributed by atoms with Crippen molar-refractivity contribution < 1.29 is 22.0 Å². The summed E-state index contributed by atoms with van der Waals surface area (Å²) >= 11 is 2.43. The van der Waals surface area contributed by atoms with E-state index in [4.69, 9.17) is 5.73 Å². The van der Waals surface area contributed by atoms with Gasteiger partial charge in [0.25, 0.3) is 6.43 Å². The molecule has 1 aromatic rings. The second-order valence-corrected chi connectivity index (χ2v) is 3.38. The summed E-state index contributed by atoms with van der Waals surface area (Å²) in [7, 11) is 0. The molecule has 2 N–H and O–H groups in total. The maximum atomic E-state index is 12.4. The molecule has 0 aliphatic heterocycles. The smallest absolute Gasteiger partial charge is 0.397 e. The van der Waals surface area contributed by atoms with E-state index in [0.717, 1.165) is 0 Å². The summed E-state index contributed by atoms with van der Waals surface area (Å²) in [5.41, 5.74) is 2.31. The van der Waals surface area contributed by atoms with Gasteiger partial charge in [-0.1, -0.05) is 0 Å². The van der Waals surface area contributed by atoms with Gasteiger partial charge in [-0.2, -0.15) is 13.2 Å². The van der Waals surface area contributed by atoms with Crippen LogP contribution in [0, 0.1) is 0 Å². The summed E-state index contributed by atoms with van der Waals surface area (Å²) in [6.07, 6.45) is -7.32. The van der Waals surface area contributed by atoms with Gasteiger partial charge in [0.15, 0.2) is 5.69 Å². The van der Waals surface area contributed by atoms with E-state index in [1.54, 1.807) is 0 Å². The molecular formula is C7H4BrF5N2. The van der Waals surface area contributed by atoms with Crippen LogP contribution >= 0.6 is 15.9 Å². The molecule has 0 saturated carbocycles. The number of halogens is 6. The number of nitrogens with two attached hydrogens (primary N) is 1. The Kier molecular flexibility index (Phi) is 3.17. The van der Waals surface area contributed by atoms with Gasteiger partial charge in [-0.3, -0.25) is 0 Å². The van der Waals surface area contributed by atoms with Crippen molar-refractivity contribution in [2.45, 2.75) is 12.6 Å². The van der Waals surface area contributed by atoms with Crippen molar-refractivity contribution in [2.75, 3.05) is 5.73 Å². The van der Waals surface area contributed by atoms with Crippen molar-refractivity contribution in [2.24, 2.45) is 0 Å². The molecular weight excluding hydrogens is 287 g/mol. The van der Waals surface area contributed by atoms with E-state index < -0.39 is 34.0 Å². The molecule has 0 saturated heterocycles. The fourth-order valence-corrected chi connectivity index (χ4v) is 1.66. The van der Waals surface area contributed by atoms with E-state index in [0.29, 0.717) is 6.20 Å². The Morgan fingerprint density at radius 1 is 1.33 bits per heavy atom. The summed E-state index contributed by atoms with van der Waals surface area (Å²) < 4.78 is 60.6. The average molecular weight is 291 g/mol. The molecule has 0 fully saturated rings. The largest absolute Gasteiger partial charge is 0.434 e. The number of anilines is 1. The topological polar surface area (TPSA) is 38.9 Å². The van der Waals surface area contributed by atoms with E-state index in [2.05, 4.69) is 20.9 Å². The van der Waals surface area contributed by atoms with E-state index in [1.807, 2.05) is 0 Å². The Balaban J connectivity index is 3.42. The minimum absolute atomic E-state index is 0.482. The molecule has 0 radical (unpaired) electrons. The zero-order chi connectivity index (χ0) is 11.8. The summed E-state index contributed by atoms with van der Waals surface area (Å²) in [5, 5.41) is 0. The highest BCUT2D eigenvalue weighted by atomic mass is 79.9. The second-order valence-electron chi connectivity index (χ2n) is 2.59. The monoisotopic (exact) mass is 290 g/mol. The minimum atomic E-state index is -4.80. The molecule has 1 rings (SSSR count). The third-order valence-electron chi connectivity index (χ3n) is 1.57. The van der Waals surface area contributed by atoms with E-state index in [9.17, 15) is 22.0 Å². The van der Waals surface area contributed by atoms with E-state index in [1.165, 1.54) is 0 Å². The number of hydrogen-bond acceptors (Lipinski definition) is 2. The number of pyridine rings is 1. The lowest BCUT2D eigenvalue weighted by Crippen LogP contribution is -2.12. The fourth-order valence-electron chi connectivity index (χ4n) is 0.934. The number of nitrogen functional groups attached to an aromatic ring is 1. The number of hydrogen-bond donors (Lipinski definition) is 1. The highest BCUT2D eigenvalue weighted by molar-refractivity contribution is 9.10. The quantitative estimate of drug-likeness (QED) is 0.805. The molecule has 0 aliphatic carbocycles. The molecule has 15 heavy (non-hydrogen) atoms. The van der Waals surface area contributed by atoms with Crippen molar-refractivity contribution in [3.05, 3.63) is 21.9 Å². The number of nitrogens with zero attached hydrogens (tertiary/aromatic N) is 1. The first-order chi connectivity index (χ1) is 6.75. The standard InChI is InChI=1S/C7H4BrF5N2/c8-4-3(6(9)10)2(14)1-15-5(4)7(11,12)13/h1,6H,14H2. The molecule has 0 amide bonds. The number of alkyl halides is 5. The first-order valence-corrected chi connectivity index (χ1v) is 4.33. The lowest BCUT2D eigenvalue weighted by atomic mass is 10.2. The minimum Gasteiger partial charge on any atom is -0.397 e.